The number of anilines is 6. The van der Waals surface area contributed by atoms with Crippen molar-refractivity contribution in [2.24, 2.45) is 0 Å². The number of ether oxygens (including phenoxy) is 2. The highest BCUT2D eigenvalue weighted by atomic mass is 32.1. The molecule has 4 nitrogen and oxygen atoms in total. The molecule has 262 valence electrons. The number of hydrogen-bond donors (Lipinski definition) is 0. The first-order valence-electron chi connectivity index (χ1n) is 18.6. The van der Waals surface area contributed by atoms with Crippen molar-refractivity contribution < 1.29 is 9.47 Å². The third-order valence-corrected chi connectivity index (χ3v) is 12.7. The summed E-state index contributed by atoms with van der Waals surface area (Å²) in [7, 11) is 0. The second-order valence-corrected chi connectivity index (χ2v) is 16.9. The van der Waals surface area contributed by atoms with E-state index in [2.05, 4.69) is 173 Å². The van der Waals surface area contributed by atoms with Gasteiger partial charge in [0.25, 0.3) is 0 Å². The lowest BCUT2D eigenvalue weighted by Gasteiger charge is -2.34. The van der Waals surface area contributed by atoms with E-state index in [-0.39, 0.29) is 5.41 Å². The van der Waals surface area contributed by atoms with Gasteiger partial charge in [0.2, 0.25) is 0 Å². The van der Waals surface area contributed by atoms with E-state index in [9.17, 15) is 0 Å². The van der Waals surface area contributed by atoms with E-state index < -0.39 is 0 Å². The SMILES string of the molecule is Cc1ccc2c(c1)Oc1cc(C)ccc1N2c1ccc2c(c1)C(C)(C)c1cc3c(cc1-2)sc1ccc(N2c4ccc(C)cc4Oc4cc(C)ccc42)cc13. The number of benzene rings is 7. The van der Waals surface area contributed by atoms with Gasteiger partial charge in [-0.15, -0.1) is 11.3 Å². The molecule has 0 bridgehead atoms. The van der Waals surface area contributed by atoms with Crippen molar-refractivity contribution >= 4 is 65.6 Å². The first-order valence-corrected chi connectivity index (χ1v) is 19.5. The summed E-state index contributed by atoms with van der Waals surface area (Å²) in [5, 5.41) is 2.59. The second-order valence-electron chi connectivity index (χ2n) is 15.8. The molecule has 1 aliphatic carbocycles. The molecule has 0 amide bonds. The van der Waals surface area contributed by atoms with Crippen molar-refractivity contribution in [1.82, 2.24) is 0 Å². The summed E-state index contributed by atoms with van der Waals surface area (Å²) in [6, 6.07) is 44.8. The van der Waals surface area contributed by atoms with Crippen LogP contribution in [0.1, 0.15) is 47.2 Å². The molecule has 3 heterocycles. The average molecular weight is 719 g/mol. The molecular formula is C49H38N2O2S. The smallest absolute Gasteiger partial charge is 0.151 e. The van der Waals surface area contributed by atoms with Gasteiger partial charge in [-0.1, -0.05) is 44.2 Å². The van der Waals surface area contributed by atoms with Crippen molar-refractivity contribution in [3.63, 3.8) is 0 Å². The molecule has 0 spiro atoms. The molecule has 11 rings (SSSR count). The Labute approximate surface area is 319 Å². The third-order valence-electron chi connectivity index (χ3n) is 11.6. The molecule has 0 fully saturated rings. The molecule has 0 radical (unpaired) electrons. The second kappa shape index (κ2) is 11.0. The first kappa shape index (κ1) is 31.5. The fourth-order valence-electron chi connectivity index (χ4n) is 8.86. The van der Waals surface area contributed by atoms with E-state index in [0.717, 1.165) is 57.1 Å². The molecule has 0 unspecified atom stereocenters. The van der Waals surface area contributed by atoms with Gasteiger partial charge in [0.15, 0.2) is 23.0 Å². The van der Waals surface area contributed by atoms with E-state index in [1.54, 1.807) is 0 Å². The Morgan fingerprint density at radius 1 is 0.426 bits per heavy atom. The predicted octanol–water partition coefficient (Wildman–Crippen LogP) is 14.7. The van der Waals surface area contributed by atoms with Crippen LogP contribution in [0.4, 0.5) is 34.1 Å². The van der Waals surface area contributed by atoms with Crippen molar-refractivity contribution in [2.45, 2.75) is 47.0 Å². The van der Waals surface area contributed by atoms with Crippen molar-refractivity contribution in [2.75, 3.05) is 9.80 Å². The quantitative estimate of drug-likeness (QED) is 0.178. The molecule has 2 aliphatic heterocycles. The topological polar surface area (TPSA) is 24.9 Å². The highest BCUT2D eigenvalue weighted by Gasteiger charge is 2.38. The third kappa shape index (κ3) is 4.48. The van der Waals surface area contributed by atoms with Crippen LogP contribution < -0.4 is 19.3 Å². The zero-order valence-corrected chi connectivity index (χ0v) is 32.0. The Hall–Kier alpha value is -6.04. The maximum Gasteiger partial charge on any atom is 0.151 e. The Kier molecular flexibility index (Phi) is 6.41. The lowest BCUT2D eigenvalue weighted by molar-refractivity contribution is 0.476. The molecule has 7 aromatic carbocycles. The van der Waals surface area contributed by atoms with Gasteiger partial charge in [-0.2, -0.15) is 0 Å². The number of aryl methyl sites for hydroxylation is 4. The minimum absolute atomic E-state index is 0.197. The van der Waals surface area contributed by atoms with Gasteiger partial charge in [-0.3, -0.25) is 0 Å². The number of thiophene rings is 1. The van der Waals surface area contributed by atoms with Gasteiger partial charge < -0.3 is 19.3 Å². The molecule has 5 heteroatoms. The van der Waals surface area contributed by atoms with Crippen LogP contribution in [0.2, 0.25) is 0 Å². The summed E-state index contributed by atoms with van der Waals surface area (Å²) < 4.78 is 15.6. The van der Waals surface area contributed by atoms with Gasteiger partial charge in [0.05, 0.1) is 22.7 Å². The molecule has 3 aliphatic rings. The molecule has 8 aromatic rings. The molecule has 0 N–H and O–H groups in total. The maximum atomic E-state index is 6.49. The van der Waals surface area contributed by atoms with Crippen LogP contribution in [0.25, 0.3) is 31.3 Å². The standard InChI is InChI=1S/C49H38N2O2S/c1-27-7-14-39-43(19-27)52-44-20-28(2)8-15-40(44)50(39)31-12-18-47-35(23-31)36-25-38-34(26-48(36)54-47)33-13-11-32(24-37(33)49(38,5)6)51-41-16-9-29(3)21-45(41)53-46-22-30(4)10-17-42(46)51/h7-26H,1-6H3. The van der Waals surface area contributed by atoms with Crippen molar-refractivity contribution in [3.05, 3.63) is 155 Å². The summed E-state index contributed by atoms with van der Waals surface area (Å²) in [6.07, 6.45) is 0. The number of nitrogens with zero attached hydrogens (tertiary/aromatic N) is 2. The predicted molar refractivity (Wildman–Crippen MR) is 225 cm³/mol. The molecule has 1 aromatic heterocycles. The Morgan fingerprint density at radius 2 is 0.870 bits per heavy atom. The van der Waals surface area contributed by atoms with E-state index in [1.165, 1.54) is 64.7 Å². The van der Waals surface area contributed by atoms with Crippen LogP contribution >= 0.6 is 11.3 Å². The van der Waals surface area contributed by atoms with Crippen molar-refractivity contribution in [3.8, 4) is 34.1 Å². The molecule has 0 saturated carbocycles. The van der Waals surface area contributed by atoms with Crippen molar-refractivity contribution in [1.29, 1.82) is 0 Å². The summed E-state index contributed by atoms with van der Waals surface area (Å²) in [6.45, 7) is 13.2. The molecular weight excluding hydrogens is 681 g/mol. The number of hydrogen-bond acceptors (Lipinski definition) is 5. The van der Waals surface area contributed by atoms with Crippen LogP contribution in [-0.4, -0.2) is 0 Å². The van der Waals surface area contributed by atoms with E-state index in [4.69, 9.17) is 9.47 Å². The fraction of sp³-hybridized carbons (Fsp3) is 0.143. The van der Waals surface area contributed by atoms with Gasteiger partial charge in [-0.05, 0) is 163 Å². The summed E-state index contributed by atoms with van der Waals surface area (Å²) in [5.41, 5.74) is 16.4. The molecule has 0 atom stereocenters. The number of rotatable bonds is 2. The lowest BCUT2D eigenvalue weighted by Crippen LogP contribution is -2.18. The number of fused-ring (bicyclic) bond motifs is 10. The zero-order chi connectivity index (χ0) is 36.6. The molecule has 0 saturated heterocycles. The van der Waals surface area contributed by atoms with E-state index in [0.29, 0.717) is 0 Å². The first-order chi connectivity index (χ1) is 26.1. The minimum atomic E-state index is -0.197. The Bertz CT molecular complexity index is 2830. The van der Waals surface area contributed by atoms with E-state index >= 15 is 0 Å². The highest BCUT2D eigenvalue weighted by Crippen LogP contribution is 2.57. The van der Waals surface area contributed by atoms with Crippen LogP contribution in [0.5, 0.6) is 23.0 Å². The van der Waals surface area contributed by atoms with Gasteiger partial charge >= 0.3 is 0 Å². The Balaban J connectivity index is 1.04. The van der Waals surface area contributed by atoms with E-state index in [1.807, 2.05) is 11.3 Å². The summed E-state index contributed by atoms with van der Waals surface area (Å²) in [5.74, 6) is 3.54. The van der Waals surface area contributed by atoms with Crippen LogP contribution in [0, 0.1) is 27.7 Å². The normalized spacial score (nSPS) is 14.5. The van der Waals surface area contributed by atoms with Crippen LogP contribution in [0.15, 0.2) is 121 Å². The zero-order valence-electron chi connectivity index (χ0n) is 31.2. The largest absolute Gasteiger partial charge is 0.453 e. The average Bonchev–Trinajstić information content (AvgIpc) is 3.61. The van der Waals surface area contributed by atoms with Gasteiger partial charge in [0, 0.05) is 37.0 Å². The Morgan fingerprint density at radius 3 is 1.39 bits per heavy atom. The summed E-state index contributed by atoms with van der Waals surface area (Å²) in [4.78, 5) is 4.72. The maximum absolute atomic E-state index is 6.49. The lowest BCUT2D eigenvalue weighted by atomic mass is 9.82. The van der Waals surface area contributed by atoms with Crippen LogP contribution in [0.3, 0.4) is 0 Å². The van der Waals surface area contributed by atoms with Gasteiger partial charge in [0.1, 0.15) is 0 Å². The fourth-order valence-corrected chi connectivity index (χ4v) is 9.97. The van der Waals surface area contributed by atoms with Gasteiger partial charge in [-0.25, -0.2) is 0 Å². The summed E-state index contributed by atoms with van der Waals surface area (Å²) >= 11 is 1.88. The highest BCUT2D eigenvalue weighted by molar-refractivity contribution is 7.25. The minimum Gasteiger partial charge on any atom is -0.453 e. The molecule has 54 heavy (non-hydrogen) atoms. The monoisotopic (exact) mass is 718 g/mol. The van der Waals surface area contributed by atoms with Crippen LogP contribution in [-0.2, 0) is 5.41 Å².